The second-order valence-corrected chi connectivity index (χ2v) is 3.63. The van der Waals surface area contributed by atoms with Gasteiger partial charge in [0.1, 0.15) is 11.9 Å². The average molecular weight is 233 g/mol. The zero-order chi connectivity index (χ0) is 11.4. The summed E-state index contributed by atoms with van der Waals surface area (Å²) in [7, 11) is 0. The van der Waals surface area contributed by atoms with E-state index in [0.29, 0.717) is 17.1 Å². The fourth-order valence-corrected chi connectivity index (χ4v) is 1.51. The van der Waals surface area contributed by atoms with Crippen LogP contribution in [0.3, 0.4) is 0 Å². The minimum Gasteiger partial charge on any atom is -0.377 e. The second kappa shape index (κ2) is 4.69. The molecule has 2 aromatic rings. The lowest BCUT2D eigenvalue weighted by Gasteiger charge is -2.06. The summed E-state index contributed by atoms with van der Waals surface area (Å²) in [5, 5.41) is 12.6. The number of benzene rings is 1. The Morgan fingerprint density at radius 2 is 2.38 bits per heavy atom. The van der Waals surface area contributed by atoms with E-state index in [9.17, 15) is 0 Å². The first-order valence-corrected chi connectivity index (χ1v) is 5.09. The van der Waals surface area contributed by atoms with Crippen molar-refractivity contribution >= 4 is 17.3 Å². The Hall–Kier alpha value is -1.99. The first kappa shape index (κ1) is 10.5. The first-order valence-electron chi connectivity index (χ1n) is 4.71. The minimum atomic E-state index is 0.527. The molecular weight excluding hydrogens is 224 g/mol. The monoisotopic (exact) mass is 232 g/mol. The van der Waals surface area contributed by atoms with Crippen LogP contribution in [0, 0.1) is 11.3 Å². The molecule has 16 heavy (non-hydrogen) atoms. The molecule has 0 saturated carbocycles. The van der Waals surface area contributed by atoms with Crippen molar-refractivity contribution in [1.82, 2.24) is 9.97 Å². The average Bonchev–Trinajstić information content (AvgIpc) is 2.80. The van der Waals surface area contributed by atoms with E-state index in [1.165, 1.54) is 0 Å². The molecule has 2 N–H and O–H groups in total. The Labute approximate surface area is 97.9 Å². The van der Waals surface area contributed by atoms with E-state index < -0.39 is 0 Å². The summed E-state index contributed by atoms with van der Waals surface area (Å²) in [6.07, 6.45) is 3.44. The predicted octanol–water partition coefficient (Wildman–Crippen LogP) is 2.55. The molecule has 0 atom stereocenters. The molecule has 0 amide bonds. The molecule has 0 saturated heterocycles. The summed E-state index contributed by atoms with van der Waals surface area (Å²) in [6, 6.07) is 7.24. The van der Waals surface area contributed by atoms with Gasteiger partial charge in [0.2, 0.25) is 0 Å². The SMILES string of the molecule is N#Cc1cc(Cl)ccc1NCc1ncc[nH]1. The number of nitrogens with zero attached hydrogens (tertiary/aromatic N) is 2. The Morgan fingerprint density at radius 1 is 1.50 bits per heavy atom. The Balaban J connectivity index is 2.13. The minimum absolute atomic E-state index is 0.527. The normalized spacial score (nSPS) is 9.75. The van der Waals surface area contributed by atoms with Crippen LogP contribution in [0.2, 0.25) is 5.02 Å². The third kappa shape index (κ3) is 2.33. The van der Waals surface area contributed by atoms with Crippen molar-refractivity contribution in [2.75, 3.05) is 5.32 Å². The topological polar surface area (TPSA) is 64.5 Å². The number of aromatic amines is 1. The van der Waals surface area contributed by atoms with Gasteiger partial charge in [-0.2, -0.15) is 5.26 Å². The maximum atomic E-state index is 8.93. The van der Waals surface area contributed by atoms with E-state index in [-0.39, 0.29) is 0 Å². The number of H-pyrrole nitrogens is 1. The summed E-state index contributed by atoms with van der Waals surface area (Å²) in [4.78, 5) is 7.05. The molecule has 0 radical (unpaired) electrons. The summed E-state index contributed by atoms with van der Waals surface area (Å²) < 4.78 is 0. The van der Waals surface area contributed by atoms with Gasteiger partial charge in [-0.25, -0.2) is 4.98 Å². The summed E-state index contributed by atoms with van der Waals surface area (Å²) >= 11 is 5.80. The number of nitrogens with one attached hydrogen (secondary N) is 2. The standard InChI is InChI=1S/C11H9ClN4/c12-9-1-2-10(8(5-9)6-13)16-7-11-14-3-4-15-11/h1-5,16H,7H2,(H,14,15). The lowest BCUT2D eigenvalue weighted by Crippen LogP contribution is -2.02. The van der Waals surface area contributed by atoms with Crippen molar-refractivity contribution in [2.24, 2.45) is 0 Å². The molecular formula is C11H9ClN4. The number of halogens is 1. The highest BCUT2D eigenvalue weighted by Gasteiger charge is 2.02. The fourth-order valence-electron chi connectivity index (χ4n) is 1.34. The number of rotatable bonds is 3. The molecule has 1 aromatic carbocycles. The molecule has 0 unspecified atom stereocenters. The van der Waals surface area contributed by atoms with Gasteiger partial charge in [-0.1, -0.05) is 11.6 Å². The molecule has 0 fully saturated rings. The van der Waals surface area contributed by atoms with Gasteiger partial charge in [-0.05, 0) is 18.2 Å². The maximum Gasteiger partial charge on any atom is 0.125 e. The molecule has 0 spiro atoms. The van der Waals surface area contributed by atoms with Crippen LogP contribution in [0.5, 0.6) is 0 Å². The number of nitriles is 1. The number of anilines is 1. The van der Waals surface area contributed by atoms with Crippen molar-refractivity contribution in [3.8, 4) is 6.07 Å². The van der Waals surface area contributed by atoms with Crippen LogP contribution in [-0.4, -0.2) is 9.97 Å². The number of aromatic nitrogens is 2. The number of hydrogen-bond acceptors (Lipinski definition) is 3. The van der Waals surface area contributed by atoms with Gasteiger partial charge < -0.3 is 10.3 Å². The van der Waals surface area contributed by atoms with Gasteiger partial charge in [0.25, 0.3) is 0 Å². The van der Waals surface area contributed by atoms with Crippen LogP contribution in [-0.2, 0) is 6.54 Å². The molecule has 0 aliphatic heterocycles. The second-order valence-electron chi connectivity index (χ2n) is 3.19. The fraction of sp³-hybridized carbons (Fsp3) is 0.0909. The molecule has 4 nitrogen and oxygen atoms in total. The van der Waals surface area contributed by atoms with Crippen molar-refractivity contribution in [3.63, 3.8) is 0 Å². The highest BCUT2D eigenvalue weighted by Crippen LogP contribution is 2.20. The van der Waals surface area contributed by atoms with E-state index in [1.807, 2.05) is 0 Å². The molecule has 0 aliphatic carbocycles. The first-order chi connectivity index (χ1) is 7.79. The van der Waals surface area contributed by atoms with Gasteiger partial charge in [0.05, 0.1) is 17.8 Å². The molecule has 80 valence electrons. The Morgan fingerprint density at radius 3 is 3.06 bits per heavy atom. The molecule has 0 aliphatic rings. The van der Waals surface area contributed by atoms with Crippen LogP contribution in [0.25, 0.3) is 0 Å². The number of hydrogen-bond donors (Lipinski definition) is 2. The van der Waals surface area contributed by atoms with Gasteiger partial charge in [-0.3, -0.25) is 0 Å². The Bertz CT molecular complexity index is 513. The molecule has 1 aromatic heterocycles. The molecule has 2 rings (SSSR count). The zero-order valence-electron chi connectivity index (χ0n) is 8.37. The smallest absolute Gasteiger partial charge is 0.125 e. The van der Waals surface area contributed by atoms with E-state index in [1.54, 1.807) is 30.6 Å². The lowest BCUT2D eigenvalue weighted by molar-refractivity contribution is 0.999. The van der Waals surface area contributed by atoms with Gasteiger partial charge >= 0.3 is 0 Å². The van der Waals surface area contributed by atoms with Crippen LogP contribution in [0.1, 0.15) is 11.4 Å². The van der Waals surface area contributed by atoms with Crippen molar-refractivity contribution in [3.05, 3.63) is 47.0 Å². The quantitative estimate of drug-likeness (QED) is 0.855. The van der Waals surface area contributed by atoms with Crippen molar-refractivity contribution < 1.29 is 0 Å². The van der Waals surface area contributed by atoms with E-state index in [4.69, 9.17) is 16.9 Å². The van der Waals surface area contributed by atoms with Crippen molar-refractivity contribution in [1.29, 1.82) is 5.26 Å². The third-order valence-corrected chi connectivity index (χ3v) is 2.34. The highest BCUT2D eigenvalue weighted by molar-refractivity contribution is 6.30. The zero-order valence-corrected chi connectivity index (χ0v) is 9.12. The van der Waals surface area contributed by atoms with E-state index in [2.05, 4.69) is 21.4 Å². The van der Waals surface area contributed by atoms with E-state index in [0.717, 1.165) is 11.5 Å². The van der Waals surface area contributed by atoms with Gasteiger partial charge in [0, 0.05) is 17.4 Å². The van der Waals surface area contributed by atoms with E-state index >= 15 is 0 Å². The Kier molecular flexibility index (Phi) is 3.08. The number of imidazole rings is 1. The molecule has 0 bridgehead atoms. The summed E-state index contributed by atoms with van der Waals surface area (Å²) in [5.41, 5.74) is 1.28. The van der Waals surface area contributed by atoms with Crippen LogP contribution in [0.15, 0.2) is 30.6 Å². The predicted molar refractivity (Wildman–Crippen MR) is 62.1 cm³/mol. The van der Waals surface area contributed by atoms with Crippen molar-refractivity contribution in [2.45, 2.75) is 6.54 Å². The summed E-state index contributed by atoms with van der Waals surface area (Å²) in [5.74, 6) is 0.818. The van der Waals surface area contributed by atoms with Crippen LogP contribution in [0.4, 0.5) is 5.69 Å². The van der Waals surface area contributed by atoms with Crippen LogP contribution >= 0.6 is 11.6 Å². The van der Waals surface area contributed by atoms with Gasteiger partial charge in [-0.15, -0.1) is 0 Å². The largest absolute Gasteiger partial charge is 0.377 e. The van der Waals surface area contributed by atoms with Gasteiger partial charge in [0.15, 0.2) is 0 Å². The lowest BCUT2D eigenvalue weighted by atomic mass is 10.2. The summed E-state index contributed by atoms with van der Waals surface area (Å²) in [6.45, 7) is 0.545. The molecule has 5 heteroatoms. The van der Waals surface area contributed by atoms with Crippen LogP contribution < -0.4 is 5.32 Å². The maximum absolute atomic E-state index is 8.93. The highest BCUT2D eigenvalue weighted by atomic mass is 35.5. The molecule has 1 heterocycles. The third-order valence-electron chi connectivity index (χ3n) is 2.10.